The fourth-order valence-corrected chi connectivity index (χ4v) is 7.48. The normalized spacial score (nSPS) is 13.7. The first kappa shape index (κ1) is 21.8. The molecule has 0 saturated heterocycles. The molecule has 8 rings (SSSR count). The SMILES string of the molecule is CC1(C)c2ccccc2-c2cc(-c3ccc(-c4nc5sc6ccccc6c5c5ccccc45)cc3)ccc21. The van der Waals surface area contributed by atoms with Gasteiger partial charge in [-0.15, -0.1) is 11.3 Å². The van der Waals surface area contributed by atoms with Crippen LogP contribution < -0.4 is 0 Å². The summed E-state index contributed by atoms with van der Waals surface area (Å²) in [4.78, 5) is 6.32. The summed E-state index contributed by atoms with van der Waals surface area (Å²) in [5.41, 5.74) is 10.3. The molecule has 0 spiro atoms. The number of rotatable bonds is 2. The van der Waals surface area contributed by atoms with E-state index in [2.05, 4.69) is 129 Å². The maximum absolute atomic E-state index is 5.22. The number of nitrogens with zero attached hydrogens (tertiary/aromatic N) is 1. The Bertz CT molecular complexity index is 2040. The summed E-state index contributed by atoms with van der Waals surface area (Å²) in [6.07, 6.45) is 0. The molecular formula is C36H25NS. The van der Waals surface area contributed by atoms with Crippen molar-refractivity contribution in [2.24, 2.45) is 0 Å². The summed E-state index contributed by atoms with van der Waals surface area (Å²) >= 11 is 1.78. The van der Waals surface area contributed by atoms with Crippen LogP contribution in [0.1, 0.15) is 25.0 Å². The van der Waals surface area contributed by atoms with Crippen LogP contribution in [-0.4, -0.2) is 4.98 Å². The zero-order valence-electron chi connectivity index (χ0n) is 21.3. The van der Waals surface area contributed by atoms with Gasteiger partial charge in [-0.25, -0.2) is 4.98 Å². The van der Waals surface area contributed by atoms with E-state index in [-0.39, 0.29) is 5.41 Å². The molecule has 0 radical (unpaired) electrons. The fraction of sp³-hybridized carbons (Fsp3) is 0.0833. The van der Waals surface area contributed by atoms with E-state index < -0.39 is 0 Å². The molecule has 0 bridgehead atoms. The van der Waals surface area contributed by atoms with Crippen LogP contribution in [0.5, 0.6) is 0 Å². The standard InChI is InChI=1S/C36H25NS/c1-36(2)30-13-7-5-9-25(30)29-21-24(19-20-31(29)36)22-15-17-23(18-16-22)34-27-11-4-3-10-26(27)33-28-12-6-8-14-32(28)38-35(33)37-34/h3-21H,1-2H3. The third-order valence-corrected chi connectivity index (χ3v) is 9.38. The van der Waals surface area contributed by atoms with Crippen molar-refractivity contribution in [3.05, 3.63) is 126 Å². The quantitative estimate of drug-likeness (QED) is 0.229. The molecule has 0 aliphatic heterocycles. The van der Waals surface area contributed by atoms with Gasteiger partial charge in [-0.3, -0.25) is 0 Å². The molecule has 1 nitrogen and oxygen atoms in total. The van der Waals surface area contributed by atoms with E-state index >= 15 is 0 Å². The van der Waals surface area contributed by atoms with Gasteiger partial charge in [-0.2, -0.15) is 0 Å². The fourth-order valence-electron chi connectivity index (χ4n) is 6.38. The van der Waals surface area contributed by atoms with Crippen LogP contribution in [0.15, 0.2) is 115 Å². The van der Waals surface area contributed by atoms with Gasteiger partial charge in [0.15, 0.2) is 0 Å². The molecule has 0 atom stereocenters. The van der Waals surface area contributed by atoms with Crippen molar-refractivity contribution >= 4 is 42.4 Å². The Kier molecular flexibility index (Phi) is 4.51. The number of hydrogen-bond acceptors (Lipinski definition) is 2. The predicted octanol–water partition coefficient (Wildman–Crippen LogP) is 10.2. The number of pyridine rings is 1. The van der Waals surface area contributed by atoms with Crippen molar-refractivity contribution in [2.75, 3.05) is 0 Å². The molecular weight excluding hydrogens is 478 g/mol. The Morgan fingerprint density at radius 3 is 2.03 bits per heavy atom. The van der Waals surface area contributed by atoms with E-state index in [1.807, 2.05) is 0 Å². The number of fused-ring (bicyclic) bond motifs is 8. The molecule has 1 aliphatic carbocycles. The number of thiophene rings is 1. The van der Waals surface area contributed by atoms with E-state index in [9.17, 15) is 0 Å². The molecule has 7 aromatic rings. The van der Waals surface area contributed by atoms with Gasteiger partial charge in [0.1, 0.15) is 4.83 Å². The largest absolute Gasteiger partial charge is 0.236 e. The maximum Gasteiger partial charge on any atom is 0.125 e. The Labute approximate surface area is 226 Å². The topological polar surface area (TPSA) is 12.9 Å². The lowest BCUT2D eigenvalue weighted by Gasteiger charge is -2.21. The first-order valence-electron chi connectivity index (χ1n) is 13.1. The number of benzene rings is 5. The highest BCUT2D eigenvalue weighted by atomic mass is 32.1. The average Bonchev–Trinajstić information content (AvgIpc) is 3.45. The third kappa shape index (κ3) is 3.01. The van der Waals surface area contributed by atoms with Crippen LogP contribution in [0.2, 0.25) is 0 Å². The lowest BCUT2D eigenvalue weighted by molar-refractivity contribution is 0.660. The van der Waals surface area contributed by atoms with Crippen molar-refractivity contribution in [1.82, 2.24) is 4.98 Å². The van der Waals surface area contributed by atoms with Gasteiger partial charge in [0.2, 0.25) is 0 Å². The predicted molar refractivity (Wildman–Crippen MR) is 163 cm³/mol. The summed E-state index contributed by atoms with van der Waals surface area (Å²) in [6.45, 7) is 4.66. The molecule has 2 heterocycles. The molecule has 0 N–H and O–H groups in total. The molecule has 38 heavy (non-hydrogen) atoms. The molecule has 2 aromatic heterocycles. The second-order valence-electron chi connectivity index (χ2n) is 10.8. The molecule has 0 saturated carbocycles. The first-order chi connectivity index (χ1) is 18.6. The van der Waals surface area contributed by atoms with Gasteiger partial charge in [0, 0.05) is 31.8 Å². The van der Waals surface area contributed by atoms with Crippen LogP contribution in [0.3, 0.4) is 0 Å². The summed E-state index contributed by atoms with van der Waals surface area (Å²) in [6, 6.07) is 42.1. The number of hydrogen-bond donors (Lipinski definition) is 0. The van der Waals surface area contributed by atoms with Gasteiger partial charge in [0.05, 0.1) is 5.69 Å². The van der Waals surface area contributed by atoms with Gasteiger partial charge < -0.3 is 0 Å². The Hall–Kier alpha value is -4.27. The Balaban J connectivity index is 1.25. The van der Waals surface area contributed by atoms with E-state index in [4.69, 9.17) is 4.98 Å². The van der Waals surface area contributed by atoms with Crippen LogP contribution in [0.4, 0.5) is 0 Å². The van der Waals surface area contributed by atoms with E-state index in [1.165, 1.54) is 59.6 Å². The van der Waals surface area contributed by atoms with Crippen LogP contribution in [0.25, 0.3) is 64.6 Å². The number of aromatic nitrogens is 1. The highest BCUT2D eigenvalue weighted by molar-refractivity contribution is 7.25. The zero-order valence-corrected chi connectivity index (χ0v) is 22.1. The molecule has 180 valence electrons. The highest BCUT2D eigenvalue weighted by Gasteiger charge is 2.35. The van der Waals surface area contributed by atoms with Gasteiger partial charge in [-0.05, 0) is 50.9 Å². The monoisotopic (exact) mass is 503 g/mol. The van der Waals surface area contributed by atoms with E-state index in [0.717, 1.165) is 16.1 Å². The minimum absolute atomic E-state index is 0.0340. The van der Waals surface area contributed by atoms with Gasteiger partial charge in [-0.1, -0.05) is 117 Å². The van der Waals surface area contributed by atoms with Crippen molar-refractivity contribution < 1.29 is 0 Å². The van der Waals surface area contributed by atoms with Gasteiger partial charge >= 0.3 is 0 Å². The summed E-state index contributed by atoms with van der Waals surface area (Å²) in [7, 11) is 0. The van der Waals surface area contributed by atoms with Crippen LogP contribution in [0, 0.1) is 0 Å². The lowest BCUT2D eigenvalue weighted by atomic mass is 9.82. The minimum Gasteiger partial charge on any atom is -0.236 e. The third-order valence-electron chi connectivity index (χ3n) is 8.32. The van der Waals surface area contributed by atoms with E-state index in [1.54, 1.807) is 11.3 Å². The van der Waals surface area contributed by atoms with Crippen LogP contribution >= 0.6 is 11.3 Å². The molecule has 2 heteroatoms. The van der Waals surface area contributed by atoms with E-state index in [0.29, 0.717) is 0 Å². The molecule has 0 amide bonds. The van der Waals surface area contributed by atoms with Crippen molar-refractivity contribution in [3.63, 3.8) is 0 Å². The van der Waals surface area contributed by atoms with Crippen LogP contribution in [-0.2, 0) is 5.41 Å². The highest BCUT2D eigenvalue weighted by Crippen LogP contribution is 2.49. The molecule has 0 fully saturated rings. The summed E-state index contributed by atoms with van der Waals surface area (Å²) in [5, 5.41) is 5.03. The van der Waals surface area contributed by atoms with Gasteiger partial charge in [0.25, 0.3) is 0 Å². The Morgan fingerprint density at radius 1 is 0.553 bits per heavy atom. The molecule has 0 unspecified atom stereocenters. The molecule has 1 aliphatic rings. The molecule has 5 aromatic carbocycles. The average molecular weight is 504 g/mol. The first-order valence-corrected chi connectivity index (χ1v) is 14.0. The van der Waals surface area contributed by atoms with Crippen molar-refractivity contribution in [2.45, 2.75) is 19.3 Å². The zero-order chi connectivity index (χ0) is 25.4. The lowest BCUT2D eigenvalue weighted by Crippen LogP contribution is -2.14. The minimum atomic E-state index is 0.0340. The summed E-state index contributed by atoms with van der Waals surface area (Å²) in [5.74, 6) is 0. The second kappa shape index (κ2) is 7.86. The van der Waals surface area contributed by atoms with Crippen molar-refractivity contribution in [3.8, 4) is 33.5 Å². The summed E-state index contributed by atoms with van der Waals surface area (Å²) < 4.78 is 1.29. The van der Waals surface area contributed by atoms with Crippen molar-refractivity contribution in [1.29, 1.82) is 0 Å². The smallest absolute Gasteiger partial charge is 0.125 e. The maximum atomic E-state index is 5.22. The Morgan fingerprint density at radius 2 is 1.18 bits per heavy atom. The second-order valence-corrected chi connectivity index (χ2v) is 11.8.